The molecule has 0 saturated carbocycles. The van der Waals surface area contributed by atoms with E-state index in [0.717, 1.165) is 37.4 Å². The fourth-order valence-electron chi connectivity index (χ4n) is 2.28. The van der Waals surface area contributed by atoms with E-state index >= 15 is 0 Å². The van der Waals surface area contributed by atoms with Gasteiger partial charge in [-0.15, -0.1) is 0 Å². The zero-order chi connectivity index (χ0) is 10.7. The Morgan fingerprint density at radius 3 is 3.13 bits per heavy atom. The Morgan fingerprint density at radius 1 is 1.53 bits per heavy atom. The lowest BCUT2D eigenvalue weighted by molar-refractivity contribution is 0.414. The summed E-state index contributed by atoms with van der Waals surface area (Å²) in [7, 11) is 1.71. The number of methoxy groups -OCH3 is 1. The molecule has 82 valence electrons. The summed E-state index contributed by atoms with van der Waals surface area (Å²) in [6, 6.07) is 6.22. The van der Waals surface area contributed by atoms with Crippen LogP contribution in [-0.2, 0) is 0 Å². The van der Waals surface area contributed by atoms with Crippen LogP contribution in [0.2, 0.25) is 0 Å². The van der Waals surface area contributed by atoms with E-state index in [9.17, 15) is 0 Å². The summed E-state index contributed by atoms with van der Waals surface area (Å²) in [4.78, 5) is 0. The third kappa shape index (κ3) is 1.92. The number of fused-ring (bicyclic) bond motifs is 1. The van der Waals surface area contributed by atoms with E-state index in [-0.39, 0.29) is 0 Å². The molecule has 1 aromatic carbocycles. The van der Waals surface area contributed by atoms with Gasteiger partial charge in [-0.3, -0.25) is 0 Å². The van der Waals surface area contributed by atoms with Gasteiger partial charge < -0.3 is 15.8 Å². The minimum atomic E-state index is 0.585. The highest BCUT2D eigenvalue weighted by Crippen LogP contribution is 2.39. The second-order valence-electron chi connectivity index (χ2n) is 3.91. The van der Waals surface area contributed by atoms with Gasteiger partial charge in [-0.1, -0.05) is 12.1 Å². The molecule has 0 amide bonds. The van der Waals surface area contributed by atoms with E-state index in [1.54, 1.807) is 7.11 Å². The number of nitrogens with two attached hydrogens (primary N) is 1. The second-order valence-corrected chi connectivity index (χ2v) is 3.91. The van der Waals surface area contributed by atoms with Crippen molar-refractivity contribution in [2.24, 2.45) is 5.73 Å². The topological polar surface area (TPSA) is 47.3 Å². The first-order valence-electron chi connectivity index (χ1n) is 5.47. The van der Waals surface area contributed by atoms with Gasteiger partial charge in [0, 0.05) is 6.54 Å². The van der Waals surface area contributed by atoms with Gasteiger partial charge in [0.1, 0.15) is 5.75 Å². The van der Waals surface area contributed by atoms with E-state index < -0.39 is 0 Å². The standard InChI is InChI=1S/C12H18N2O/c1-15-11-4-2-3-10-9(5-7-13)6-8-14-12(10)11/h2-4,9,14H,5-8,13H2,1H3. The number of benzene rings is 1. The van der Waals surface area contributed by atoms with E-state index in [1.807, 2.05) is 12.1 Å². The molecule has 3 heteroatoms. The molecule has 1 aliphatic rings. The van der Waals surface area contributed by atoms with Crippen molar-refractivity contribution < 1.29 is 4.74 Å². The minimum absolute atomic E-state index is 0.585. The Bertz CT molecular complexity index is 338. The Morgan fingerprint density at radius 2 is 2.40 bits per heavy atom. The predicted octanol–water partition coefficient (Wildman–Crippen LogP) is 1.94. The molecule has 0 aromatic heterocycles. The molecule has 0 radical (unpaired) electrons. The number of rotatable bonds is 3. The summed E-state index contributed by atoms with van der Waals surface area (Å²) in [5.41, 5.74) is 8.15. The van der Waals surface area contributed by atoms with Crippen molar-refractivity contribution in [2.75, 3.05) is 25.5 Å². The largest absolute Gasteiger partial charge is 0.495 e. The first-order valence-corrected chi connectivity index (χ1v) is 5.47. The molecule has 1 unspecified atom stereocenters. The highest BCUT2D eigenvalue weighted by Gasteiger charge is 2.21. The predicted molar refractivity (Wildman–Crippen MR) is 62.5 cm³/mol. The molecule has 2 rings (SSSR count). The molecule has 0 spiro atoms. The number of para-hydroxylation sites is 1. The lowest BCUT2D eigenvalue weighted by Crippen LogP contribution is -2.19. The van der Waals surface area contributed by atoms with Crippen LogP contribution in [0.3, 0.4) is 0 Å². The maximum absolute atomic E-state index is 5.64. The second kappa shape index (κ2) is 4.53. The Hall–Kier alpha value is -1.22. The maximum Gasteiger partial charge on any atom is 0.142 e. The summed E-state index contributed by atoms with van der Waals surface area (Å²) < 4.78 is 5.35. The van der Waals surface area contributed by atoms with E-state index in [2.05, 4.69) is 11.4 Å². The molecule has 0 bridgehead atoms. The molecule has 1 heterocycles. The zero-order valence-electron chi connectivity index (χ0n) is 9.12. The van der Waals surface area contributed by atoms with Crippen LogP contribution in [0.4, 0.5) is 5.69 Å². The summed E-state index contributed by atoms with van der Waals surface area (Å²) in [6.07, 6.45) is 2.22. The van der Waals surface area contributed by atoms with Crippen LogP contribution < -0.4 is 15.8 Å². The van der Waals surface area contributed by atoms with Crippen molar-refractivity contribution in [3.63, 3.8) is 0 Å². The first kappa shape index (κ1) is 10.3. The molecule has 0 fully saturated rings. The van der Waals surface area contributed by atoms with Gasteiger partial charge in [0.05, 0.1) is 12.8 Å². The lowest BCUT2D eigenvalue weighted by atomic mass is 9.88. The maximum atomic E-state index is 5.64. The van der Waals surface area contributed by atoms with Crippen LogP contribution in [0.15, 0.2) is 18.2 Å². The average molecular weight is 206 g/mol. The van der Waals surface area contributed by atoms with Gasteiger partial charge in [-0.25, -0.2) is 0 Å². The van der Waals surface area contributed by atoms with E-state index in [0.29, 0.717) is 5.92 Å². The molecule has 1 aliphatic heterocycles. The fraction of sp³-hybridized carbons (Fsp3) is 0.500. The SMILES string of the molecule is COc1cccc2c1NCCC2CCN. The Balaban J connectivity index is 2.35. The summed E-state index contributed by atoms with van der Waals surface area (Å²) in [5, 5.41) is 3.40. The molecule has 1 atom stereocenters. The van der Waals surface area contributed by atoms with Crippen LogP contribution in [0.1, 0.15) is 24.3 Å². The lowest BCUT2D eigenvalue weighted by Gasteiger charge is -2.27. The Labute approximate surface area is 90.6 Å². The van der Waals surface area contributed by atoms with Crippen LogP contribution >= 0.6 is 0 Å². The number of anilines is 1. The van der Waals surface area contributed by atoms with Crippen LogP contribution in [0.5, 0.6) is 5.75 Å². The van der Waals surface area contributed by atoms with E-state index in [1.165, 1.54) is 5.56 Å². The molecular weight excluding hydrogens is 188 g/mol. The van der Waals surface area contributed by atoms with Gasteiger partial charge in [0.15, 0.2) is 0 Å². The summed E-state index contributed by atoms with van der Waals surface area (Å²) >= 11 is 0. The zero-order valence-corrected chi connectivity index (χ0v) is 9.12. The summed E-state index contributed by atoms with van der Waals surface area (Å²) in [6.45, 7) is 1.76. The molecule has 3 N–H and O–H groups in total. The third-order valence-corrected chi connectivity index (χ3v) is 3.03. The van der Waals surface area contributed by atoms with Crippen LogP contribution in [-0.4, -0.2) is 20.2 Å². The normalized spacial score (nSPS) is 19.2. The van der Waals surface area contributed by atoms with Crippen molar-refractivity contribution in [3.8, 4) is 5.75 Å². The Kier molecular flexibility index (Phi) is 3.11. The highest BCUT2D eigenvalue weighted by atomic mass is 16.5. The van der Waals surface area contributed by atoms with Gasteiger partial charge in [0.2, 0.25) is 0 Å². The number of hydrogen-bond acceptors (Lipinski definition) is 3. The molecule has 0 aliphatic carbocycles. The van der Waals surface area contributed by atoms with Crippen LogP contribution in [0, 0.1) is 0 Å². The number of hydrogen-bond donors (Lipinski definition) is 2. The van der Waals surface area contributed by atoms with E-state index in [4.69, 9.17) is 10.5 Å². The van der Waals surface area contributed by atoms with Crippen molar-refractivity contribution in [1.82, 2.24) is 0 Å². The van der Waals surface area contributed by atoms with Gasteiger partial charge in [-0.05, 0) is 36.9 Å². The molecule has 15 heavy (non-hydrogen) atoms. The minimum Gasteiger partial charge on any atom is -0.495 e. The molecule has 1 aromatic rings. The van der Waals surface area contributed by atoms with Crippen molar-refractivity contribution in [1.29, 1.82) is 0 Å². The molecule has 0 saturated heterocycles. The van der Waals surface area contributed by atoms with Crippen molar-refractivity contribution in [3.05, 3.63) is 23.8 Å². The van der Waals surface area contributed by atoms with Crippen molar-refractivity contribution in [2.45, 2.75) is 18.8 Å². The average Bonchev–Trinajstić information content (AvgIpc) is 2.29. The van der Waals surface area contributed by atoms with Gasteiger partial charge in [-0.2, -0.15) is 0 Å². The monoisotopic (exact) mass is 206 g/mol. The highest BCUT2D eigenvalue weighted by molar-refractivity contribution is 5.64. The van der Waals surface area contributed by atoms with Crippen molar-refractivity contribution >= 4 is 5.69 Å². The third-order valence-electron chi connectivity index (χ3n) is 3.03. The first-order chi connectivity index (χ1) is 7.36. The molecular formula is C12H18N2O. The van der Waals surface area contributed by atoms with Crippen LogP contribution in [0.25, 0.3) is 0 Å². The number of nitrogens with one attached hydrogen (secondary N) is 1. The smallest absolute Gasteiger partial charge is 0.142 e. The quantitative estimate of drug-likeness (QED) is 0.794. The fourth-order valence-corrected chi connectivity index (χ4v) is 2.28. The van der Waals surface area contributed by atoms with Gasteiger partial charge in [0.25, 0.3) is 0 Å². The summed E-state index contributed by atoms with van der Waals surface area (Å²) in [5.74, 6) is 1.52. The number of ether oxygens (including phenoxy) is 1. The van der Waals surface area contributed by atoms with Gasteiger partial charge >= 0.3 is 0 Å². The molecule has 3 nitrogen and oxygen atoms in total.